The van der Waals surface area contributed by atoms with Gasteiger partial charge in [0.05, 0.1) is 17.0 Å². The predicted octanol–water partition coefficient (Wildman–Crippen LogP) is 3.08. The van der Waals surface area contributed by atoms with Gasteiger partial charge in [-0.2, -0.15) is 0 Å². The van der Waals surface area contributed by atoms with Gasteiger partial charge in [0.15, 0.2) is 11.6 Å². The van der Waals surface area contributed by atoms with Crippen molar-refractivity contribution in [2.75, 3.05) is 0 Å². The van der Waals surface area contributed by atoms with E-state index < -0.39 is 23.4 Å². The average Bonchev–Trinajstić information content (AvgIpc) is 3.41. The van der Waals surface area contributed by atoms with Crippen LogP contribution >= 0.6 is 0 Å². The van der Waals surface area contributed by atoms with Crippen molar-refractivity contribution in [1.29, 1.82) is 0 Å². The molecule has 0 spiro atoms. The van der Waals surface area contributed by atoms with Gasteiger partial charge in [0.2, 0.25) is 0 Å². The number of benzene rings is 1. The zero-order chi connectivity index (χ0) is 19.0. The summed E-state index contributed by atoms with van der Waals surface area (Å²) in [6, 6.07) is 2.32. The highest BCUT2D eigenvalue weighted by molar-refractivity contribution is 6.27. The molecule has 0 aliphatic heterocycles. The minimum atomic E-state index is -0.913. The maximum atomic E-state index is 12.9. The van der Waals surface area contributed by atoms with E-state index in [-0.39, 0.29) is 40.8 Å². The summed E-state index contributed by atoms with van der Waals surface area (Å²) < 4.78 is 5.50. The molecule has 0 saturated heterocycles. The van der Waals surface area contributed by atoms with Crippen molar-refractivity contribution in [3.05, 3.63) is 46.6 Å². The molecule has 1 saturated carbocycles. The lowest BCUT2D eigenvalue weighted by Crippen LogP contribution is -2.29. The SMILES string of the molecule is CC(C)=CC[C@@H](OC(=O)C1CC1)C1=CC(=O)c2c(O)ccc(O)c2C1=O. The minimum absolute atomic E-state index is 0.00917. The van der Waals surface area contributed by atoms with Crippen molar-refractivity contribution in [2.24, 2.45) is 5.92 Å². The second kappa shape index (κ2) is 6.78. The third-order valence-corrected chi connectivity index (χ3v) is 4.44. The predicted molar refractivity (Wildman–Crippen MR) is 93.2 cm³/mol. The van der Waals surface area contributed by atoms with Crippen molar-refractivity contribution < 1.29 is 29.3 Å². The fourth-order valence-electron chi connectivity index (χ4n) is 2.86. The van der Waals surface area contributed by atoms with Gasteiger partial charge in [-0.1, -0.05) is 11.6 Å². The fourth-order valence-corrected chi connectivity index (χ4v) is 2.86. The van der Waals surface area contributed by atoms with Gasteiger partial charge in [0.1, 0.15) is 17.6 Å². The number of rotatable bonds is 5. The van der Waals surface area contributed by atoms with E-state index in [4.69, 9.17) is 4.74 Å². The molecule has 1 atom stereocenters. The number of phenolic OH excluding ortho intramolecular Hbond substituents is 2. The summed E-state index contributed by atoms with van der Waals surface area (Å²) in [5.41, 5.74) is 0.508. The number of carbonyl (C=O) groups is 3. The Labute approximate surface area is 150 Å². The Hall–Kier alpha value is -2.89. The Kier molecular flexibility index (Phi) is 4.68. The van der Waals surface area contributed by atoms with Gasteiger partial charge in [-0.15, -0.1) is 0 Å². The van der Waals surface area contributed by atoms with E-state index in [0.29, 0.717) is 0 Å². The largest absolute Gasteiger partial charge is 0.507 e. The van der Waals surface area contributed by atoms with Crippen LogP contribution in [0.4, 0.5) is 0 Å². The summed E-state index contributed by atoms with van der Waals surface area (Å²) in [5.74, 6) is -2.52. The number of aromatic hydroxyl groups is 2. The van der Waals surface area contributed by atoms with Crippen LogP contribution in [-0.4, -0.2) is 33.9 Å². The molecule has 2 aliphatic rings. The minimum Gasteiger partial charge on any atom is -0.507 e. The first-order valence-corrected chi connectivity index (χ1v) is 8.49. The van der Waals surface area contributed by atoms with Gasteiger partial charge in [-0.05, 0) is 44.9 Å². The Bertz CT molecular complexity index is 853. The van der Waals surface area contributed by atoms with Gasteiger partial charge >= 0.3 is 5.97 Å². The molecule has 0 bridgehead atoms. The second-order valence-electron chi connectivity index (χ2n) is 6.86. The van der Waals surface area contributed by atoms with Gasteiger partial charge in [0.25, 0.3) is 0 Å². The molecule has 136 valence electrons. The first kappa shape index (κ1) is 17.9. The molecule has 0 aromatic heterocycles. The zero-order valence-corrected chi connectivity index (χ0v) is 14.6. The van der Waals surface area contributed by atoms with Crippen molar-refractivity contribution in [1.82, 2.24) is 0 Å². The van der Waals surface area contributed by atoms with Crippen LogP contribution in [0.5, 0.6) is 11.5 Å². The molecule has 3 rings (SSSR count). The molecule has 0 amide bonds. The number of carbonyl (C=O) groups excluding carboxylic acids is 3. The molecule has 6 heteroatoms. The third-order valence-electron chi connectivity index (χ3n) is 4.44. The van der Waals surface area contributed by atoms with E-state index in [9.17, 15) is 24.6 Å². The average molecular weight is 356 g/mol. The van der Waals surface area contributed by atoms with Crippen LogP contribution in [0.1, 0.15) is 53.8 Å². The third kappa shape index (κ3) is 3.40. The molecule has 6 nitrogen and oxygen atoms in total. The molecule has 26 heavy (non-hydrogen) atoms. The van der Waals surface area contributed by atoms with Crippen LogP contribution < -0.4 is 0 Å². The quantitative estimate of drug-likeness (QED) is 0.478. The fraction of sp³-hybridized carbons (Fsp3) is 0.350. The van der Waals surface area contributed by atoms with Crippen molar-refractivity contribution >= 4 is 17.5 Å². The summed E-state index contributed by atoms with van der Waals surface area (Å²) in [5, 5.41) is 19.9. The van der Waals surface area contributed by atoms with Crippen LogP contribution in [0.15, 0.2) is 35.4 Å². The molecule has 0 radical (unpaired) electrons. The number of ether oxygens (including phenoxy) is 1. The summed E-state index contributed by atoms with van der Waals surface area (Å²) in [6.45, 7) is 3.75. The number of phenols is 2. The molecule has 1 fully saturated rings. The van der Waals surface area contributed by atoms with E-state index in [1.807, 2.05) is 19.9 Å². The monoisotopic (exact) mass is 356 g/mol. The second-order valence-corrected chi connectivity index (χ2v) is 6.86. The van der Waals surface area contributed by atoms with Crippen molar-refractivity contribution in [2.45, 2.75) is 39.2 Å². The lowest BCUT2D eigenvalue weighted by Gasteiger charge is -2.23. The number of esters is 1. The van der Waals surface area contributed by atoms with Crippen LogP contribution in [0.2, 0.25) is 0 Å². The van der Waals surface area contributed by atoms with E-state index in [2.05, 4.69) is 0 Å². The van der Waals surface area contributed by atoms with Crippen LogP contribution in [0, 0.1) is 5.92 Å². The Morgan fingerprint density at radius 2 is 1.81 bits per heavy atom. The van der Waals surface area contributed by atoms with Crippen LogP contribution in [-0.2, 0) is 9.53 Å². The number of Topliss-reactive ketones (excluding diaryl/α,β-unsaturated/α-hetero) is 1. The lowest BCUT2D eigenvalue weighted by molar-refractivity contribution is -0.148. The number of ketones is 2. The lowest BCUT2D eigenvalue weighted by atomic mass is 9.85. The topological polar surface area (TPSA) is 101 Å². The number of fused-ring (bicyclic) bond motifs is 1. The normalized spacial score (nSPS) is 17.2. The molecule has 1 aromatic carbocycles. The first-order valence-electron chi connectivity index (χ1n) is 8.49. The highest BCUT2D eigenvalue weighted by atomic mass is 16.5. The maximum Gasteiger partial charge on any atom is 0.309 e. The highest BCUT2D eigenvalue weighted by Gasteiger charge is 2.38. The van der Waals surface area contributed by atoms with Gasteiger partial charge in [0, 0.05) is 12.0 Å². The standard InChI is InChI=1S/C20H20O6/c1-10(2)3-8-16(26-20(25)11-4-5-11)12-9-15(23)17-13(21)6-7-14(22)18(17)19(12)24/h3,6-7,9,11,16,21-22H,4-5,8H2,1-2H3/t16-/m1/s1. The summed E-state index contributed by atoms with van der Waals surface area (Å²) in [7, 11) is 0. The molecular weight excluding hydrogens is 336 g/mol. The van der Waals surface area contributed by atoms with E-state index in [1.54, 1.807) is 0 Å². The van der Waals surface area contributed by atoms with E-state index >= 15 is 0 Å². The summed E-state index contributed by atoms with van der Waals surface area (Å²) in [4.78, 5) is 37.4. The molecule has 2 N–H and O–H groups in total. The van der Waals surface area contributed by atoms with E-state index in [0.717, 1.165) is 36.6 Å². The zero-order valence-electron chi connectivity index (χ0n) is 14.6. The molecule has 0 heterocycles. The Balaban J connectivity index is 1.99. The number of hydrogen-bond donors (Lipinski definition) is 2. The first-order chi connectivity index (χ1) is 12.3. The maximum absolute atomic E-state index is 12.9. The van der Waals surface area contributed by atoms with Crippen LogP contribution in [0.25, 0.3) is 0 Å². The van der Waals surface area contributed by atoms with E-state index in [1.165, 1.54) is 0 Å². The van der Waals surface area contributed by atoms with Crippen molar-refractivity contribution in [3.63, 3.8) is 0 Å². The Morgan fingerprint density at radius 3 is 2.38 bits per heavy atom. The number of allylic oxidation sites excluding steroid dienone is 2. The molecule has 2 aliphatic carbocycles. The summed E-state index contributed by atoms with van der Waals surface area (Å²) >= 11 is 0. The molecule has 1 aromatic rings. The Morgan fingerprint density at radius 1 is 1.19 bits per heavy atom. The smallest absolute Gasteiger partial charge is 0.309 e. The number of hydrogen-bond acceptors (Lipinski definition) is 6. The van der Waals surface area contributed by atoms with Gasteiger partial charge < -0.3 is 14.9 Å². The van der Waals surface area contributed by atoms with Gasteiger partial charge in [-0.3, -0.25) is 14.4 Å². The van der Waals surface area contributed by atoms with Crippen molar-refractivity contribution in [3.8, 4) is 11.5 Å². The molecular formula is C20H20O6. The molecule has 0 unspecified atom stereocenters. The highest BCUT2D eigenvalue weighted by Crippen LogP contribution is 2.37. The van der Waals surface area contributed by atoms with Gasteiger partial charge in [-0.25, -0.2) is 0 Å². The summed E-state index contributed by atoms with van der Waals surface area (Å²) in [6.07, 6.45) is 3.77. The van der Waals surface area contributed by atoms with Crippen LogP contribution in [0.3, 0.4) is 0 Å².